The quantitative estimate of drug-likeness (QED) is 0.459. The van der Waals surface area contributed by atoms with Crippen LogP contribution in [0, 0.1) is 6.92 Å². The van der Waals surface area contributed by atoms with Crippen LogP contribution in [-0.4, -0.2) is 34.0 Å². The lowest BCUT2D eigenvalue weighted by atomic mass is 9.78. The summed E-state index contributed by atoms with van der Waals surface area (Å²) in [5.74, 6) is -3.77. The molecular formula is C32H26N2O5. The Hall–Kier alpha value is -5.04. The minimum Gasteiger partial charge on any atom is -0.503 e. The number of allylic oxidation sites excluding steroid dienone is 2. The maximum atomic E-state index is 14.6. The van der Waals surface area contributed by atoms with E-state index in [1.54, 1.807) is 73.7 Å². The van der Waals surface area contributed by atoms with Crippen LogP contribution < -0.4 is 9.80 Å². The molecule has 2 aliphatic rings. The zero-order chi connectivity index (χ0) is 27.9. The minimum absolute atomic E-state index is 0.0502. The summed E-state index contributed by atoms with van der Waals surface area (Å²) < 4.78 is 0. The highest BCUT2D eigenvalue weighted by Gasteiger charge is 2.67. The molecule has 7 nitrogen and oxygen atoms in total. The maximum Gasteiger partial charge on any atom is 0.295 e. The molecule has 39 heavy (non-hydrogen) atoms. The minimum atomic E-state index is -2.19. The van der Waals surface area contributed by atoms with Gasteiger partial charge in [0.05, 0.1) is 11.1 Å². The zero-order valence-electron chi connectivity index (χ0n) is 21.7. The first-order valence-electron chi connectivity index (χ1n) is 12.4. The van der Waals surface area contributed by atoms with Gasteiger partial charge in [0.15, 0.2) is 22.9 Å². The van der Waals surface area contributed by atoms with Crippen LogP contribution in [0.15, 0.2) is 114 Å². The number of carbonyl (C=O) groups excluding carboxylic acids is 4. The molecule has 2 aliphatic heterocycles. The van der Waals surface area contributed by atoms with Crippen molar-refractivity contribution in [3.8, 4) is 0 Å². The van der Waals surface area contributed by atoms with Gasteiger partial charge in [0.25, 0.3) is 11.8 Å². The summed E-state index contributed by atoms with van der Waals surface area (Å²) in [5, 5.41) is 11.2. The second-order valence-electron chi connectivity index (χ2n) is 9.51. The number of benzene rings is 3. The van der Waals surface area contributed by atoms with E-state index in [2.05, 4.69) is 0 Å². The third-order valence-electron chi connectivity index (χ3n) is 7.04. The van der Waals surface area contributed by atoms with Gasteiger partial charge >= 0.3 is 0 Å². The number of hydrogen-bond donors (Lipinski definition) is 1. The molecule has 194 valence electrons. The van der Waals surface area contributed by atoms with E-state index < -0.39 is 40.3 Å². The van der Waals surface area contributed by atoms with Crippen molar-refractivity contribution in [2.75, 3.05) is 9.80 Å². The van der Waals surface area contributed by atoms with Crippen molar-refractivity contribution in [3.63, 3.8) is 0 Å². The summed E-state index contributed by atoms with van der Waals surface area (Å²) in [6.45, 7) is 4.80. The molecule has 0 saturated carbocycles. The van der Waals surface area contributed by atoms with Crippen LogP contribution >= 0.6 is 0 Å². The molecule has 1 spiro atoms. The number of ketones is 2. The van der Waals surface area contributed by atoms with Crippen LogP contribution in [0.4, 0.5) is 11.4 Å². The molecule has 0 aromatic heterocycles. The first kappa shape index (κ1) is 25.6. The number of rotatable bonds is 6. The molecule has 1 unspecified atom stereocenters. The van der Waals surface area contributed by atoms with Crippen molar-refractivity contribution in [3.05, 3.63) is 125 Å². The number of anilines is 2. The third kappa shape index (κ3) is 3.90. The second-order valence-corrected chi connectivity index (χ2v) is 9.51. The molecule has 5 rings (SSSR count). The van der Waals surface area contributed by atoms with Gasteiger partial charge in [0.1, 0.15) is 0 Å². The largest absolute Gasteiger partial charge is 0.503 e. The van der Waals surface area contributed by atoms with Crippen molar-refractivity contribution in [1.29, 1.82) is 0 Å². The number of para-hydroxylation sites is 1. The van der Waals surface area contributed by atoms with E-state index in [-0.39, 0.29) is 17.0 Å². The third-order valence-corrected chi connectivity index (χ3v) is 7.04. The molecule has 0 aliphatic carbocycles. The fourth-order valence-electron chi connectivity index (χ4n) is 5.40. The van der Waals surface area contributed by atoms with Gasteiger partial charge in [-0.15, -0.1) is 0 Å². The van der Waals surface area contributed by atoms with Crippen LogP contribution in [0.3, 0.4) is 0 Å². The van der Waals surface area contributed by atoms with Gasteiger partial charge in [0.2, 0.25) is 0 Å². The van der Waals surface area contributed by atoms with Crippen molar-refractivity contribution in [2.45, 2.75) is 26.3 Å². The highest BCUT2D eigenvalue weighted by atomic mass is 16.3. The first-order chi connectivity index (χ1) is 18.7. The smallest absolute Gasteiger partial charge is 0.295 e. The van der Waals surface area contributed by atoms with E-state index in [1.165, 1.54) is 24.0 Å². The topological polar surface area (TPSA) is 95.0 Å². The van der Waals surface area contributed by atoms with Crippen molar-refractivity contribution in [2.24, 2.45) is 0 Å². The number of hydrogen-bond acceptors (Lipinski definition) is 5. The summed E-state index contributed by atoms with van der Waals surface area (Å²) in [4.78, 5) is 57.9. The van der Waals surface area contributed by atoms with E-state index in [0.717, 1.165) is 10.5 Å². The molecule has 1 N–H and O–H groups in total. The summed E-state index contributed by atoms with van der Waals surface area (Å²) in [6.07, 6.45) is 2.74. The van der Waals surface area contributed by atoms with Crippen LogP contribution in [0.25, 0.3) is 6.08 Å². The number of nitrogens with zero attached hydrogens (tertiary/aromatic N) is 2. The van der Waals surface area contributed by atoms with Crippen molar-refractivity contribution in [1.82, 2.24) is 0 Å². The average Bonchev–Trinajstić information content (AvgIpc) is 3.29. The Labute approximate surface area is 226 Å². The van der Waals surface area contributed by atoms with Crippen LogP contribution in [0.5, 0.6) is 0 Å². The summed E-state index contributed by atoms with van der Waals surface area (Å²) >= 11 is 0. The monoisotopic (exact) mass is 518 g/mol. The molecule has 3 aromatic rings. The fraction of sp³-hybridized carbons (Fsp3) is 0.125. The molecule has 0 fully saturated rings. The molecule has 2 amide bonds. The second kappa shape index (κ2) is 9.68. The first-order valence-corrected chi connectivity index (χ1v) is 12.4. The van der Waals surface area contributed by atoms with Crippen LogP contribution in [0.1, 0.15) is 25.0 Å². The van der Waals surface area contributed by atoms with Crippen LogP contribution in [-0.2, 0) is 19.2 Å². The van der Waals surface area contributed by atoms with Gasteiger partial charge < -0.3 is 5.11 Å². The van der Waals surface area contributed by atoms with Crippen molar-refractivity contribution >= 4 is 40.8 Å². The number of aliphatic hydroxyl groups is 1. The predicted molar refractivity (Wildman–Crippen MR) is 149 cm³/mol. The molecule has 0 saturated heterocycles. The number of aryl methyl sites for hydroxylation is 1. The van der Waals surface area contributed by atoms with Gasteiger partial charge in [-0.05, 0) is 56.7 Å². The lowest BCUT2D eigenvalue weighted by Gasteiger charge is -2.36. The van der Waals surface area contributed by atoms with Gasteiger partial charge in [-0.25, -0.2) is 0 Å². The molecule has 2 heterocycles. The molecule has 0 bridgehead atoms. The normalized spacial score (nSPS) is 19.3. The van der Waals surface area contributed by atoms with E-state index in [9.17, 15) is 24.3 Å². The molecular weight excluding hydrogens is 492 g/mol. The Balaban J connectivity index is 1.78. The van der Waals surface area contributed by atoms with E-state index >= 15 is 0 Å². The lowest BCUT2D eigenvalue weighted by molar-refractivity contribution is -0.125. The summed E-state index contributed by atoms with van der Waals surface area (Å²) in [5.41, 5.74) is -0.0133. The van der Waals surface area contributed by atoms with Crippen LogP contribution in [0.2, 0.25) is 0 Å². The predicted octanol–water partition coefficient (Wildman–Crippen LogP) is 5.08. The standard InChI is InChI=1S/C32H26N2O5/c1-20-14-17-24(18-15-20)33-21(2)27(22(3)35)32(31(33)39)28(26(36)19-16-23-10-6-4-7-11-23)29(37)30(38)34(32)25-12-8-5-9-13-25/h4-19,37H,1-3H3. The Kier molecular flexibility index (Phi) is 6.36. The van der Waals surface area contributed by atoms with Crippen molar-refractivity contribution < 1.29 is 24.3 Å². The summed E-state index contributed by atoms with van der Waals surface area (Å²) in [7, 11) is 0. The van der Waals surface area contributed by atoms with E-state index in [1.807, 2.05) is 25.1 Å². The van der Waals surface area contributed by atoms with Gasteiger partial charge in [-0.2, -0.15) is 0 Å². The maximum absolute atomic E-state index is 14.6. The number of amides is 2. The Morgan fingerprint density at radius 3 is 1.97 bits per heavy atom. The van der Waals surface area contributed by atoms with E-state index in [4.69, 9.17) is 0 Å². The average molecular weight is 519 g/mol. The fourth-order valence-corrected chi connectivity index (χ4v) is 5.40. The molecule has 3 aromatic carbocycles. The van der Waals surface area contributed by atoms with E-state index in [0.29, 0.717) is 11.3 Å². The number of carbonyl (C=O) groups is 4. The lowest BCUT2D eigenvalue weighted by Crippen LogP contribution is -2.58. The Bertz CT molecular complexity index is 1600. The Morgan fingerprint density at radius 1 is 0.795 bits per heavy atom. The Morgan fingerprint density at radius 2 is 1.38 bits per heavy atom. The molecule has 7 heteroatoms. The van der Waals surface area contributed by atoms with Gasteiger partial charge in [-0.1, -0.05) is 72.3 Å². The van der Waals surface area contributed by atoms with Gasteiger partial charge in [-0.3, -0.25) is 29.0 Å². The number of aliphatic hydroxyl groups excluding tert-OH is 1. The SMILES string of the molecule is CC(=O)C1=C(C)N(c2ccc(C)cc2)C(=O)C12C(C(=O)C=Cc1ccccc1)=C(O)C(=O)N2c1ccccc1. The zero-order valence-corrected chi connectivity index (χ0v) is 21.7. The highest BCUT2D eigenvalue weighted by Crippen LogP contribution is 2.51. The molecule has 1 atom stereocenters. The highest BCUT2D eigenvalue weighted by molar-refractivity contribution is 6.34. The van der Waals surface area contributed by atoms with Gasteiger partial charge in [0, 0.05) is 17.1 Å². The summed E-state index contributed by atoms with van der Waals surface area (Å²) in [6, 6.07) is 24.4. The molecule has 0 radical (unpaired) electrons. The number of Topliss-reactive ketones (excluding diaryl/α,β-unsaturated/α-hetero) is 1.